The highest BCUT2D eigenvalue weighted by molar-refractivity contribution is 7.83. The lowest BCUT2D eigenvalue weighted by Crippen LogP contribution is -2.34. The van der Waals surface area contributed by atoms with Gasteiger partial charge in [-0.15, -0.1) is 0 Å². The van der Waals surface area contributed by atoms with E-state index in [9.17, 15) is 4.79 Å². The zero-order valence-corrected chi connectivity index (χ0v) is 8.06. The molecule has 0 fully saturated rings. The maximum absolute atomic E-state index is 10.9. The van der Waals surface area contributed by atoms with Crippen molar-refractivity contribution in [3.05, 3.63) is 11.5 Å². The molecule has 2 nitrogen and oxygen atoms in total. The molecule has 0 saturated heterocycles. The summed E-state index contributed by atoms with van der Waals surface area (Å²) in [6.45, 7) is 6.11. The van der Waals surface area contributed by atoms with Crippen molar-refractivity contribution in [1.29, 1.82) is 0 Å². The molecule has 1 unspecified atom stereocenters. The fraction of sp³-hybridized carbons (Fsp3) is 0.625. The van der Waals surface area contributed by atoms with Crippen LogP contribution in [0.3, 0.4) is 0 Å². The number of thiol groups is 1. The van der Waals surface area contributed by atoms with Crippen LogP contribution in [0.25, 0.3) is 0 Å². The van der Waals surface area contributed by atoms with Crippen LogP contribution in [0.5, 0.6) is 0 Å². The molecule has 0 radical (unpaired) electrons. The number of carbonyl (C=O) groups excluding carboxylic acids is 1. The summed E-state index contributed by atoms with van der Waals surface area (Å²) in [6, 6.07) is 0.215. The van der Waals surface area contributed by atoms with E-state index in [-0.39, 0.29) is 11.9 Å². The summed E-state index contributed by atoms with van der Waals surface area (Å²) in [5.74, 6) is 0.383. The summed E-state index contributed by atoms with van der Waals surface area (Å²) in [5, 5.41) is 4.24. The predicted octanol–water partition coefficient (Wildman–Crippen LogP) is 1.59. The van der Waals surface area contributed by atoms with Crippen molar-refractivity contribution in [2.45, 2.75) is 26.8 Å². The van der Waals surface area contributed by atoms with Crippen LogP contribution < -0.4 is 5.32 Å². The standard InChI is InChI=1S/C8H15NOS/c1-6(2)7(3)9-8(10)4-5-11/h4-7,11H,1-3H3,(H,9,10)/b5-4-. The summed E-state index contributed by atoms with van der Waals surface area (Å²) in [7, 11) is 0. The SMILES string of the molecule is CC(C)C(C)NC(=O)/C=C\S. The highest BCUT2D eigenvalue weighted by Gasteiger charge is 2.07. The van der Waals surface area contributed by atoms with Crippen LogP contribution >= 0.6 is 12.6 Å². The lowest BCUT2D eigenvalue weighted by Gasteiger charge is -2.15. The topological polar surface area (TPSA) is 29.1 Å². The molecule has 11 heavy (non-hydrogen) atoms. The number of rotatable bonds is 3. The monoisotopic (exact) mass is 173 g/mol. The molecular weight excluding hydrogens is 158 g/mol. The van der Waals surface area contributed by atoms with Crippen LogP contribution in [0.1, 0.15) is 20.8 Å². The Morgan fingerprint density at radius 3 is 2.36 bits per heavy atom. The molecule has 0 spiro atoms. The van der Waals surface area contributed by atoms with E-state index < -0.39 is 0 Å². The normalized spacial score (nSPS) is 13.9. The Bertz CT molecular complexity index is 154. The van der Waals surface area contributed by atoms with E-state index in [2.05, 4.69) is 31.8 Å². The second kappa shape index (κ2) is 5.24. The summed E-state index contributed by atoms with van der Waals surface area (Å²) >= 11 is 3.79. The fourth-order valence-corrected chi connectivity index (χ4v) is 0.642. The summed E-state index contributed by atoms with van der Waals surface area (Å²) < 4.78 is 0. The van der Waals surface area contributed by atoms with Gasteiger partial charge >= 0.3 is 0 Å². The van der Waals surface area contributed by atoms with Crippen LogP contribution in [0.15, 0.2) is 11.5 Å². The van der Waals surface area contributed by atoms with Gasteiger partial charge in [-0.25, -0.2) is 0 Å². The maximum atomic E-state index is 10.9. The third-order valence-corrected chi connectivity index (χ3v) is 1.74. The van der Waals surface area contributed by atoms with Gasteiger partial charge in [-0.3, -0.25) is 4.79 Å². The minimum Gasteiger partial charge on any atom is -0.350 e. The van der Waals surface area contributed by atoms with E-state index in [4.69, 9.17) is 0 Å². The predicted molar refractivity (Wildman–Crippen MR) is 50.6 cm³/mol. The number of nitrogens with one attached hydrogen (secondary N) is 1. The van der Waals surface area contributed by atoms with Gasteiger partial charge < -0.3 is 5.32 Å². The zero-order valence-electron chi connectivity index (χ0n) is 7.16. The van der Waals surface area contributed by atoms with Crippen LogP contribution in [0.2, 0.25) is 0 Å². The number of carbonyl (C=O) groups is 1. The van der Waals surface area contributed by atoms with Crippen LogP contribution in [0, 0.1) is 5.92 Å². The first-order valence-electron chi connectivity index (χ1n) is 3.69. The van der Waals surface area contributed by atoms with Gasteiger partial charge in [0, 0.05) is 12.1 Å². The molecule has 0 aromatic heterocycles. The molecule has 64 valence electrons. The molecule has 0 rings (SSSR count). The van der Waals surface area contributed by atoms with Crippen molar-refractivity contribution < 1.29 is 4.79 Å². The quantitative estimate of drug-likeness (QED) is 0.492. The van der Waals surface area contributed by atoms with E-state index in [0.717, 1.165) is 0 Å². The third kappa shape index (κ3) is 4.90. The van der Waals surface area contributed by atoms with Gasteiger partial charge in [0.15, 0.2) is 0 Å². The Balaban J connectivity index is 3.75. The first kappa shape index (κ1) is 10.6. The zero-order chi connectivity index (χ0) is 8.85. The highest BCUT2D eigenvalue weighted by Crippen LogP contribution is 1.99. The largest absolute Gasteiger partial charge is 0.350 e. The molecular formula is C8H15NOS. The van der Waals surface area contributed by atoms with Gasteiger partial charge in [0.25, 0.3) is 0 Å². The smallest absolute Gasteiger partial charge is 0.244 e. The Morgan fingerprint density at radius 2 is 2.00 bits per heavy atom. The van der Waals surface area contributed by atoms with Gasteiger partial charge in [-0.1, -0.05) is 13.8 Å². The van der Waals surface area contributed by atoms with E-state index in [1.54, 1.807) is 0 Å². The third-order valence-electron chi connectivity index (χ3n) is 1.60. The molecule has 0 aliphatic carbocycles. The average molecular weight is 173 g/mol. The van der Waals surface area contributed by atoms with Crippen molar-refractivity contribution >= 4 is 18.5 Å². The summed E-state index contributed by atoms with van der Waals surface area (Å²) in [5.41, 5.74) is 0. The van der Waals surface area contributed by atoms with Gasteiger partial charge in [0.1, 0.15) is 0 Å². The van der Waals surface area contributed by atoms with Gasteiger partial charge in [-0.2, -0.15) is 12.6 Å². The maximum Gasteiger partial charge on any atom is 0.244 e. The first-order chi connectivity index (χ1) is 5.07. The van der Waals surface area contributed by atoms with Crippen molar-refractivity contribution in [3.63, 3.8) is 0 Å². The number of amides is 1. The van der Waals surface area contributed by atoms with Gasteiger partial charge in [0.05, 0.1) is 0 Å². The Kier molecular flexibility index (Phi) is 5.03. The lowest BCUT2D eigenvalue weighted by atomic mass is 10.1. The molecule has 0 aliphatic rings. The number of hydrogen-bond acceptors (Lipinski definition) is 2. The summed E-state index contributed by atoms with van der Waals surface area (Å²) in [4.78, 5) is 10.9. The lowest BCUT2D eigenvalue weighted by molar-refractivity contribution is -0.117. The summed E-state index contributed by atoms with van der Waals surface area (Å²) in [6.07, 6.45) is 1.40. The van der Waals surface area contributed by atoms with Gasteiger partial charge in [0.2, 0.25) is 5.91 Å². The molecule has 1 amide bonds. The molecule has 0 bridgehead atoms. The second-order valence-corrected chi connectivity index (χ2v) is 3.16. The van der Waals surface area contributed by atoms with Crippen LogP contribution in [-0.2, 0) is 4.79 Å². The van der Waals surface area contributed by atoms with Crippen molar-refractivity contribution in [2.75, 3.05) is 0 Å². The minimum absolute atomic E-state index is 0.0822. The molecule has 1 N–H and O–H groups in total. The fourth-order valence-electron chi connectivity index (χ4n) is 0.507. The molecule has 0 saturated carbocycles. The van der Waals surface area contributed by atoms with Crippen molar-refractivity contribution in [1.82, 2.24) is 5.32 Å². The van der Waals surface area contributed by atoms with Crippen molar-refractivity contribution in [3.8, 4) is 0 Å². The van der Waals surface area contributed by atoms with E-state index in [1.807, 2.05) is 6.92 Å². The first-order valence-corrected chi connectivity index (χ1v) is 4.20. The minimum atomic E-state index is -0.0822. The van der Waals surface area contributed by atoms with Crippen LogP contribution in [-0.4, -0.2) is 11.9 Å². The highest BCUT2D eigenvalue weighted by atomic mass is 32.1. The molecule has 1 atom stereocenters. The van der Waals surface area contributed by atoms with Crippen molar-refractivity contribution in [2.24, 2.45) is 5.92 Å². The Labute approximate surface area is 73.5 Å². The van der Waals surface area contributed by atoms with E-state index in [1.165, 1.54) is 11.5 Å². The molecule has 0 aliphatic heterocycles. The Hall–Kier alpha value is -0.440. The molecule has 0 heterocycles. The van der Waals surface area contributed by atoms with E-state index in [0.29, 0.717) is 5.92 Å². The van der Waals surface area contributed by atoms with Crippen LogP contribution in [0.4, 0.5) is 0 Å². The molecule has 0 aromatic carbocycles. The second-order valence-electron chi connectivity index (χ2n) is 2.86. The molecule has 3 heteroatoms. The Morgan fingerprint density at radius 1 is 1.45 bits per heavy atom. The van der Waals surface area contributed by atoms with E-state index >= 15 is 0 Å². The average Bonchev–Trinajstić information content (AvgIpc) is 1.87. The molecule has 0 aromatic rings. The van der Waals surface area contributed by atoms with Gasteiger partial charge in [-0.05, 0) is 18.2 Å². The number of hydrogen-bond donors (Lipinski definition) is 2.